The zero-order valence-electron chi connectivity index (χ0n) is 10.8. The molecule has 4 heteroatoms. The summed E-state index contributed by atoms with van der Waals surface area (Å²) in [4.78, 5) is 12.1. The average Bonchev–Trinajstić information content (AvgIpc) is 2.40. The smallest absolute Gasteiger partial charge is 0.240 e. The second-order valence-corrected chi connectivity index (χ2v) is 6.01. The van der Waals surface area contributed by atoms with Gasteiger partial charge in [-0.3, -0.25) is 4.79 Å². The third kappa shape index (κ3) is 3.64. The lowest BCUT2D eigenvalue weighted by Gasteiger charge is -2.26. The van der Waals surface area contributed by atoms with Crippen LogP contribution in [0.15, 0.2) is 0 Å². The van der Waals surface area contributed by atoms with Gasteiger partial charge in [-0.2, -0.15) is 17.0 Å². The van der Waals surface area contributed by atoms with Crippen molar-refractivity contribution < 1.29 is 4.79 Å². The van der Waals surface area contributed by atoms with Crippen molar-refractivity contribution in [3.8, 4) is 6.07 Å². The maximum absolute atomic E-state index is 12.1. The van der Waals surface area contributed by atoms with E-state index < -0.39 is 5.41 Å². The van der Waals surface area contributed by atoms with Crippen molar-refractivity contribution in [1.82, 2.24) is 5.32 Å². The number of carbonyl (C=O) groups excluding carboxylic acids is 1. The third-order valence-electron chi connectivity index (χ3n) is 3.62. The second-order valence-electron chi connectivity index (χ2n) is 4.60. The van der Waals surface area contributed by atoms with Crippen LogP contribution in [0.25, 0.3) is 0 Å². The molecule has 0 aromatic carbocycles. The zero-order valence-corrected chi connectivity index (χ0v) is 11.6. The predicted octanol–water partition coefficient (Wildman–Crippen LogP) is 2.72. The van der Waals surface area contributed by atoms with Crippen molar-refractivity contribution in [2.45, 2.75) is 51.2 Å². The first-order chi connectivity index (χ1) is 8.18. The maximum atomic E-state index is 12.1. The van der Waals surface area contributed by atoms with Gasteiger partial charge in [0.1, 0.15) is 5.41 Å². The molecule has 0 radical (unpaired) electrons. The maximum Gasteiger partial charge on any atom is 0.240 e. The van der Waals surface area contributed by atoms with E-state index in [0.29, 0.717) is 24.6 Å². The molecule has 1 saturated heterocycles. The quantitative estimate of drug-likeness (QED) is 0.820. The van der Waals surface area contributed by atoms with Gasteiger partial charge >= 0.3 is 0 Å². The monoisotopic (exact) mass is 254 g/mol. The highest BCUT2D eigenvalue weighted by Crippen LogP contribution is 2.27. The fourth-order valence-corrected chi connectivity index (χ4v) is 3.36. The third-order valence-corrected chi connectivity index (χ3v) is 5.02. The number of hydrogen-bond acceptors (Lipinski definition) is 3. The van der Waals surface area contributed by atoms with Gasteiger partial charge in [-0.15, -0.1) is 0 Å². The molecular weight excluding hydrogens is 232 g/mol. The van der Waals surface area contributed by atoms with Crippen LogP contribution in [0.1, 0.15) is 46.0 Å². The van der Waals surface area contributed by atoms with Crippen molar-refractivity contribution in [1.29, 1.82) is 5.26 Å². The minimum absolute atomic E-state index is 0.0869. The Morgan fingerprint density at radius 1 is 1.47 bits per heavy atom. The Morgan fingerprint density at radius 2 is 2.18 bits per heavy atom. The number of nitriles is 1. The average molecular weight is 254 g/mol. The van der Waals surface area contributed by atoms with Gasteiger partial charge in [-0.25, -0.2) is 0 Å². The van der Waals surface area contributed by atoms with Crippen LogP contribution in [-0.4, -0.2) is 23.5 Å². The van der Waals surface area contributed by atoms with Gasteiger partial charge in [-0.1, -0.05) is 20.3 Å². The van der Waals surface area contributed by atoms with E-state index >= 15 is 0 Å². The molecule has 0 aromatic rings. The lowest BCUT2D eigenvalue weighted by Crippen LogP contribution is -2.42. The van der Waals surface area contributed by atoms with Crippen LogP contribution in [0.5, 0.6) is 0 Å². The van der Waals surface area contributed by atoms with E-state index in [-0.39, 0.29) is 5.91 Å². The van der Waals surface area contributed by atoms with E-state index in [9.17, 15) is 4.79 Å². The highest BCUT2D eigenvalue weighted by atomic mass is 32.2. The molecule has 1 amide bonds. The minimum Gasteiger partial charge on any atom is -0.354 e. The summed E-state index contributed by atoms with van der Waals surface area (Å²) in [5.41, 5.74) is -0.820. The molecule has 96 valence electrons. The summed E-state index contributed by atoms with van der Waals surface area (Å²) < 4.78 is 0. The van der Waals surface area contributed by atoms with Crippen molar-refractivity contribution in [3.05, 3.63) is 0 Å². The standard InChI is InChI=1S/C13H22N2OS/c1-3-13(4-2,10-14)12(16)15-9-11-7-5-6-8-17-11/h11H,3-9H2,1-2H3,(H,15,16). The molecule has 1 heterocycles. The number of nitrogens with zero attached hydrogens (tertiary/aromatic N) is 1. The van der Waals surface area contributed by atoms with Crippen molar-refractivity contribution in [2.24, 2.45) is 5.41 Å². The Labute approximate surface area is 108 Å². The molecular formula is C13H22N2OS. The van der Waals surface area contributed by atoms with Gasteiger partial charge in [0.05, 0.1) is 6.07 Å². The van der Waals surface area contributed by atoms with Gasteiger partial charge in [0.15, 0.2) is 0 Å². The normalized spacial score (nSPS) is 20.6. The molecule has 0 bridgehead atoms. The molecule has 1 aliphatic rings. The number of amides is 1. The van der Waals surface area contributed by atoms with E-state index in [1.165, 1.54) is 25.0 Å². The Morgan fingerprint density at radius 3 is 2.65 bits per heavy atom. The van der Waals surface area contributed by atoms with Crippen molar-refractivity contribution >= 4 is 17.7 Å². The van der Waals surface area contributed by atoms with Gasteiger partial charge in [0.2, 0.25) is 5.91 Å². The lowest BCUT2D eigenvalue weighted by atomic mass is 9.83. The molecule has 0 aromatic heterocycles. The van der Waals surface area contributed by atoms with Crippen LogP contribution in [0.2, 0.25) is 0 Å². The van der Waals surface area contributed by atoms with Crippen LogP contribution < -0.4 is 5.32 Å². The molecule has 0 aliphatic carbocycles. The summed E-state index contributed by atoms with van der Waals surface area (Å²) in [6.07, 6.45) is 4.91. The molecule has 3 nitrogen and oxygen atoms in total. The van der Waals surface area contributed by atoms with E-state index in [4.69, 9.17) is 5.26 Å². The number of rotatable bonds is 5. The van der Waals surface area contributed by atoms with Gasteiger partial charge in [-0.05, 0) is 31.4 Å². The number of nitrogens with one attached hydrogen (secondary N) is 1. The van der Waals surface area contributed by atoms with E-state index in [2.05, 4.69) is 11.4 Å². The Hall–Kier alpha value is -0.690. The van der Waals surface area contributed by atoms with Crippen LogP contribution in [0.4, 0.5) is 0 Å². The molecule has 1 unspecified atom stereocenters. The molecule has 1 N–H and O–H groups in total. The first-order valence-electron chi connectivity index (χ1n) is 6.49. The summed E-state index contributed by atoms with van der Waals surface area (Å²) in [7, 11) is 0. The van der Waals surface area contributed by atoms with Gasteiger partial charge < -0.3 is 5.32 Å². The Kier molecular flexibility index (Phi) is 5.84. The first-order valence-corrected chi connectivity index (χ1v) is 7.54. The summed E-state index contributed by atoms with van der Waals surface area (Å²) in [5.74, 6) is 1.11. The fraction of sp³-hybridized carbons (Fsp3) is 0.846. The summed E-state index contributed by atoms with van der Waals surface area (Å²) in [6, 6.07) is 2.18. The highest BCUT2D eigenvalue weighted by Gasteiger charge is 2.35. The van der Waals surface area contributed by atoms with Crippen LogP contribution >= 0.6 is 11.8 Å². The van der Waals surface area contributed by atoms with Crippen molar-refractivity contribution in [3.63, 3.8) is 0 Å². The lowest BCUT2D eigenvalue weighted by molar-refractivity contribution is -0.128. The number of hydrogen-bond donors (Lipinski definition) is 1. The number of carbonyl (C=O) groups is 1. The Bertz CT molecular complexity index is 288. The highest BCUT2D eigenvalue weighted by molar-refractivity contribution is 7.99. The van der Waals surface area contributed by atoms with E-state index in [1.54, 1.807) is 0 Å². The molecule has 1 rings (SSSR count). The number of thioether (sulfide) groups is 1. The largest absolute Gasteiger partial charge is 0.354 e. The van der Waals surface area contributed by atoms with E-state index in [0.717, 1.165) is 0 Å². The molecule has 1 atom stereocenters. The van der Waals surface area contributed by atoms with E-state index in [1.807, 2.05) is 25.6 Å². The molecule has 0 spiro atoms. The zero-order chi connectivity index (χ0) is 12.7. The van der Waals surface area contributed by atoms with Crippen LogP contribution in [0.3, 0.4) is 0 Å². The predicted molar refractivity (Wildman–Crippen MR) is 71.7 cm³/mol. The minimum atomic E-state index is -0.820. The van der Waals surface area contributed by atoms with Crippen molar-refractivity contribution in [2.75, 3.05) is 12.3 Å². The first kappa shape index (κ1) is 14.4. The molecule has 17 heavy (non-hydrogen) atoms. The van der Waals surface area contributed by atoms with Crippen LogP contribution in [0, 0.1) is 16.7 Å². The molecule has 1 fully saturated rings. The molecule has 1 aliphatic heterocycles. The summed E-state index contributed by atoms with van der Waals surface area (Å²) in [5, 5.41) is 12.7. The van der Waals surface area contributed by atoms with Crippen LogP contribution in [-0.2, 0) is 4.79 Å². The topological polar surface area (TPSA) is 52.9 Å². The molecule has 0 saturated carbocycles. The Balaban J connectivity index is 2.45. The fourth-order valence-electron chi connectivity index (χ4n) is 2.12. The van der Waals surface area contributed by atoms with Gasteiger partial charge in [0.25, 0.3) is 0 Å². The summed E-state index contributed by atoms with van der Waals surface area (Å²) in [6.45, 7) is 4.52. The summed E-state index contributed by atoms with van der Waals surface area (Å²) >= 11 is 1.94. The SMILES string of the molecule is CCC(C#N)(CC)C(=O)NCC1CCCCS1. The van der Waals surface area contributed by atoms with Gasteiger partial charge in [0, 0.05) is 11.8 Å². The second kappa shape index (κ2) is 6.90.